The summed E-state index contributed by atoms with van der Waals surface area (Å²) in [5.41, 5.74) is 1.11. The summed E-state index contributed by atoms with van der Waals surface area (Å²) >= 11 is 0. The van der Waals surface area contributed by atoms with Gasteiger partial charge in [0.1, 0.15) is 18.7 Å². The van der Waals surface area contributed by atoms with Gasteiger partial charge in [0.15, 0.2) is 22.8 Å². The highest BCUT2D eigenvalue weighted by atomic mass is 16.6. The van der Waals surface area contributed by atoms with E-state index in [4.69, 9.17) is 9.15 Å². The number of nitrogens with one attached hydrogen (secondary N) is 1. The van der Waals surface area contributed by atoms with Gasteiger partial charge in [0, 0.05) is 6.07 Å². The summed E-state index contributed by atoms with van der Waals surface area (Å²) in [5, 5.41) is 22.9. The number of benzene rings is 1. The summed E-state index contributed by atoms with van der Waals surface area (Å²) in [4.78, 5) is 19.2. The average molecular weight is 377 g/mol. The number of ether oxygens (including phenoxy) is 1. The molecule has 1 N–H and O–H groups in total. The number of hydrogen-bond acceptors (Lipinski definition) is 8. The van der Waals surface area contributed by atoms with Crippen molar-refractivity contribution >= 4 is 22.4 Å². The van der Waals surface area contributed by atoms with Crippen molar-refractivity contribution in [2.45, 2.75) is 6.61 Å². The van der Waals surface area contributed by atoms with Crippen LogP contribution in [0.2, 0.25) is 0 Å². The zero-order chi connectivity index (χ0) is 19.1. The van der Waals surface area contributed by atoms with Crippen molar-refractivity contribution < 1.29 is 14.1 Å². The largest absolute Gasteiger partial charge is 0.479 e. The van der Waals surface area contributed by atoms with Crippen molar-refractivity contribution in [2.75, 3.05) is 0 Å². The highest BCUT2D eigenvalue weighted by molar-refractivity contribution is 5.88. The van der Waals surface area contributed by atoms with Crippen LogP contribution in [0.3, 0.4) is 0 Å². The molecular weight excluding hydrogens is 366 g/mol. The number of rotatable bonds is 5. The predicted molar refractivity (Wildman–Crippen MR) is 95.6 cm³/mol. The number of hydrogen-bond donors (Lipinski definition) is 1. The molecule has 1 aromatic carbocycles. The lowest BCUT2D eigenvalue weighted by Crippen LogP contribution is -1.97. The number of nitro groups is 1. The molecule has 28 heavy (non-hydrogen) atoms. The first kappa shape index (κ1) is 15.9. The Kier molecular flexibility index (Phi) is 3.50. The molecular formula is C17H11N7O4. The second-order valence-electron chi connectivity index (χ2n) is 5.86. The number of H-pyrrole nitrogens is 1. The van der Waals surface area contributed by atoms with Gasteiger partial charge < -0.3 is 9.15 Å². The van der Waals surface area contributed by atoms with Gasteiger partial charge in [0.05, 0.1) is 16.5 Å². The van der Waals surface area contributed by atoms with E-state index in [1.807, 2.05) is 0 Å². The molecule has 4 aromatic heterocycles. The standard InChI is InChI=1S/C17H11N7O4/c25-24(26)12-3-1-2-4-13(12)27-8-10-5-6-14(28-10)16-20-17-11-7-19-21-15(11)18-9-23(17)22-16/h1-7,9H,8H2,(H,19,21). The smallest absolute Gasteiger partial charge is 0.310 e. The van der Waals surface area contributed by atoms with Gasteiger partial charge in [-0.25, -0.2) is 14.5 Å². The molecule has 11 heteroatoms. The first-order chi connectivity index (χ1) is 13.7. The monoisotopic (exact) mass is 377 g/mol. The normalized spacial score (nSPS) is 11.3. The fourth-order valence-electron chi connectivity index (χ4n) is 2.80. The van der Waals surface area contributed by atoms with E-state index in [2.05, 4.69) is 25.3 Å². The van der Waals surface area contributed by atoms with Crippen LogP contribution in [0.4, 0.5) is 5.69 Å². The van der Waals surface area contributed by atoms with Crippen molar-refractivity contribution in [3.63, 3.8) is 0 Å². The van der Waals surface area contributed by atoms with Crippen LogP contribution >= 0.6 is 0 Å². The zero-order valence-electron chi connectivity index (χ0n) is 14.1. The lowest BCUT2D eigenvalue weighted by Gasteiger charge is -2.04. The first-order valence-electron chi connectivity index (χ1n) is 8.19. The Bertz CT molecular complexity index is 1320. The Morgan fingerprint density at radius 1 is 1.25 bits per heavy atom. The van der Waals surface area contributed by atoms with E-state index in [9.17, 15) is 10.1 Å². The Morgan fingerprint density at radius 2 is 2.14 bits per heavy atom. The van der Waals surface area contributed by atoms with Crippen LogP contribution in [0.25, 0.3) is 28.3 Å². The van der Waals surface area contributed by atoms with E-state index in [1.54, 1.807) is 35.0 Å². The maximum absolute atomic E-state index is 11.1. The molecule has 0 spiro atoms. The predicted octanol–water partition coefficient (Wildman–Crippen LogP) is 2.75. The van der Waals surface area contributed by atoms with E-state index < -0.39 is 4.92 Å². The molecule has 11 nitrogen and oxygen atoms in total. The lowest BCUT2D eigenvalue weighted by molar-refractivity contribution is -0.386. The summed E-state index contributed by atoms with van der Waals surface area (Å²) in [6, 6.07) is 9.59. The molecule has 0 aliphatic heterocycles. The maximum Gasteiger partial charge on any atom is 0.310 e. The van der Waals surface area contributed by atoms with Gasteiger partial charge >= 0.3 is 5.69 Å². The van der Waals surface area contributed by atoms with Gasteiger partial charge in [-0.1, -0.05) is 12.1 Å². The van der Waals surface area contributed by atoms with Gasteiger partial charge in [-0.05, 0) is 18.2 Å². The Hall–Kier alpha value is -4.28. The molecule has 5 aromatic rings. The van der Waals surface area contributed by atoms with Crippen molar-refractivity contribution in [2.24, 2.45) is 0 Å². The number of para-hydroxylation sites is 2. The molecule has 0 unspecified atom stereocenters. The summed E-state index contributed by atoms with van der Waals surface area (Å²) < 4.78 is 12.8. The molecule has 4 heterocycles. The minimum Gasteiger partial charge on any atom is -0.479 e. The fourth-order valence-corrected chi connectivity index (χ4v) is 2.80. The van der Waals surface area contributed by atoms with Crippen molar-refractivity contribution in [1.82, 2.24) is 29.8 Å². The summed E-state index contributed by atoms with van der Waals surface area (Å²) in [5.74, 6) is 1.48. The maximum atomic E-state index is 11.1. The first-order valence-corrected chi connectivity index (χ1v) is 8.19. The summed E-state index contributed by atoms with van der Waals surface area (Å²) in [6.07, 6.45) is 3.16. The van der Waals surface area contributed by atoms with E-state index in [-0.39, 0.29) is 18.0 Å². The molecule has 0 aliphatic carbocycles. The van der Waals surface area contributed by atoms with Crippen LogP contribution in [-0.2, 0) is 6.61 Å². The molecule has 0 aliphatic rings. The highest BCUT2D eigenvalue weighted by Crippen LogP contribution is 2.28. The van der Waals surface area contributed by atoms with Crippen LogP contribution in [-0.4, -0.2) is 34.7 Å². The number of fused-ring (bicyclic) bond motifs is 3. The van der Waals surface area contributed by atoms with Crippen molar-refractivity contribution in [3.05, 3.63) is 64.8 Å². The Labute approximate surface area is 155 Å². The SMILES string of the molecule is O=[N+]([O-])c1ccccc1OCc1ccc(-c2nc3c4cn[nH]c4ncn3n2)o1. The van der Waals surface area contributed by atoms with Gasteiger partial charge in [-0.15, -0.1) is 5.10 Å². The number of furan rings is 1. The molecule has 0 fully saturated rings. The second-order valence-corrected chi connectivity index (χ2v) is 5.86. The molecule has 0 radical (unpaired) electrons. The van der Waals surface area contributed by atoms with Gasteiger partial charge in [0.2, 0.25) is 5.82 Å². The third kappa shape index (κ3) is 2.61. The van der Waals surface area contributed by atoms with Crippen LogP contribution < -0.4 is 4.74 Å². The fraction of sp³-hybridized carbons (Fsp3) is 0.0588. The molecule has 0 atom stereocenters. The molecule has 5 rings (SSSR count). The highest BCUT2D eigenvalue weighted by Gasteiger charge is 2.16. The molecule has 0 saturated heterocycles. The molecule has 0 amide bonds. The van der Waals surface area contributed by atoms with Crippen LogP contribution in [0.1, 0.15) is 5.76 Å². The second kappa shape index (κ2) is 6.16. The quantitative estimate of drug-likeness (QED) is 0.364. The topological polar surface area (TPSA) is 137 Å². The van der Waals surface area contributed by atoms with Crippen molar-refractivity contribution in [3.8, 4) is 17.3 Å². The van der Waals surface area contributed by atoms with E-state index in [0.717, 1.165) is 5.39 Å². The lowest BCUT2D eigenvalue weighted by atomic mass is 10.3. The minimum atomic E-state index is -0.492. The van der Waals surface area contributed by atoms with Gasteiger partial charge in [0.25, 0.3) is 0 Å². The summed E-state index contributed by atoms with van der Waals surface area (Å²) in [6.45, 7) is 0.0335. The average Bonchev–Trinajstić information content (AvgIpc) is 3.43. The Balaban J connectivity index is 1.41. The molecule has 0 saturated carbocycles. The summed E-state index contributed by atoms with van der Waals surface area (Å²) in [7, 11) is 0. The van der Waals surface area contributed by atoms with Crippen LogP contribution in [0.5, 0.6) is 5.75 Å². The van der Waals surface area contributed by atoms with Gasteiger partial charge in [-0.2, -0.15) is 5.10 Å². The third-order valence-electron chi connectivity index (χ3n) is 4.10. The van der Waals surface area contributed by atoms with Crippen LogP contribution in [0.15, 0.2) is 53.3 Å². The number of aromatic nitrogens is 6. The Morgan fingerprint density at radius 3 is 3.04 bits per heavy atom. The van der Waals surface area contributed by atoms with Crippen molar-refractivity contribution in [1.29, 1.82) is 0 Å². The van der Waals surface area contributed by atoms with Gasteiger partial charge in [-0.3, -0.25) is 15.2 Å². The molecule has 0 bridgehead atoms. The van der Waals surface area contributed by atoms with Crippen LogP contribution in [0, 0.1) is 10.1 Å². The number of aromatic amines is 1. The number of nitro benzene ring substituents is 1. The number of nitrogens with zero attached hydrogens (tertiary/aromatic N) is 6. The van der Waals surface area contributed by atoms with E-state index in [1.165, 1.54) is 18.5 Å². The third-order valence-corrected chi connectivity index (χ3v) is 4.10. The zero-order valence-corrected chi connectivity index (χ0v) is 14.1. The molecule has 138 valence electrons. The van der Waals surface area contributed by atoms with E-state index >= 15 is 0 Å². The minimum absolute atomic E-state index is 0.0335. The van der Waals surface area contributed by atoms with E-state index in [0.29, 0.717) is 28.6 Å².